The maximum Gasteiger partial charge on any atom is 0.254 e. The van der Waals surface area contributed by atoms with Gasteiger partial charge >= 0.3 is 0 Å². The van der Waals surface area contributed by atoms with Crippen LogP contribution >= 0.6 is 0 Å². The zero-order chi connectivity index (χ0) is 33.5. The number of carbonyl (C=O) groups is 2. The molecule has 1 saturated carbocycles. The molecule has 2 fully saturated rings. The van der Waals surface area contributed by atoms with Gasteiger partial charge in [-0.3, -0.25) is 14.6 Å². The molecule has 3 aliphatic rings. The van der Waals surface area contributed by atoms with Crippen LogP contribution in [0.15, 0.2) is 48.7 Å². The van der Waals surface area contributed by atoms with Crippen LogP contribution in [-0.2, 0) is 17.8 Å². The normalized spacial score (nSPS) is 16.8. The molecule has 3 aromatic heterocycles. The summed E-state index contributed by atoms with van der Waals surface area (Å²) in [5.41, 5.74) is 8.04. The molecule has 0 N–H and O–H groups in total. The van der Waals surface area contributed by atoms with Crippen LogP contribution in [0.1, 0.15) is 60.5 Å². The minimum Gasteiger partial charge on any atom is -0.493 e. The molecular weight excluding hydrogens is 607 g/mol. The van der Waals surface area contributed by atoms with E-state index in [-0.39, 0.29) is 11.8 Å². The number of methoxy groups -OCH3 is 1. The Labute approximate surface area is 281 Å². The fourth-order valence-electron chi connectivity index (χ4n) is 7.15. The van der Waals surface area contributed by atoms with E-state index in [1.54, 1.807) is 6.92 Å². The third-order valence-electron chi connectivity index (χ3n) is 9.98. The van der Waals surface area contributed by atoms with Crippen LogP contribution in [0.4, 0.5) is 10.2 Å². The molecule has 2 aliphatic heterocycles. The summed E-state index contributed by atoms with van der Waals surface area (Å²) in [5, 5.41) is 1.02. The van der Waals surface area contributed by atoms with Crippen molar-refractivity contribution < 1.29 is 18.7 Å². The number of aryl methyl sites for hydroxylation is 2. The average molecular weight is 651 g/mol. The third-order valence-corrected chi connectivity index (χ3v) is 9.98. The Morgan fingerprint density at radius 2 is 1.79 bits per heavy atom. The van der Waals surface area contributed by atoms with E-state index in [1.165, 1.54) is 32.2 Å². The van der Waals surface area contributed by atoms with E-state index in [4.69, 9.17) is 9.72 Å². The molecule has 0 spiro atoms. The molecule has 10 heteroatoms. The fraction of sp³-hybridized carbons (Fsp3) is 0.421. The Balaban J connectivity index is 1.29. The van der Waals surface area contributed by atoms with Gasteiger partial charge < -0.3 is 24.0 Å². The van der Waals surface area contributed by atoms with Crippen molar-refractivity contribution in [1.82, 2.24) is 24.3 Å². The van der Waals surface area contributed by atoms with Crippen LogP contribution in [0.3, 0.4) is 0 Å². The van der Waals surface area contributed by atoms with Crippen molar-refractivity contribution in [3.05, 3.63) is 77.1 Å². The highest BCUT2D eigenvalue weighted by atomic mass is 19.1. The van der Waals surface area contributed by atoms with Crippen LogP contribution in [0, 0.1) is 18.7 Å². The minimum atomic E-state index is -0.449. The highest BCUT2D eigenvalue weighted by molar-refractivity contribution is 6.05. The number of carbonyl (C=O) groups excluding carboxylic acids is 2. The van der Waals surface area contributed by atoms with Crippen LogP contribution < -0.4 is 9.64 Å². The van der Waals surface area contributed by atoms with E-state index in [1.807, 2.05) is 20.8 Å². The number of piperazine rings is 1. The summed E-state index contributed by atoms with van der Waals surface area (Å²) in [4.78, 5) is 41.7. The summed E-state index contributed by atoms with van der Waals surface area (Å²) in [5.74, 6) is 1.20. The first-order valence-electron chi connectivity index (χ1n) is 17.1. The van der Waals surface area contributed by atoms with Gasteiger partial charge in [-0.05, 0) is 68.4 Å². The van der Waals surface area contributed by atoms with Gasteiger partial charge in [0, 0.05) is 98.0 Å². The molecule has 250 valence electrons. The van der Waals surface area contributed by atoms with Gasteiger partial charge in [0.1, 0.15) is 5.82 Å². The molecule has 48 heavy (non-hydrogen) atoms. The van der Waals surface area contributed by atoms with E-state index < -0.39 is 5.82 Å². The molecule has 0 bridgehead atoms. The Hall–Kier alpha value is -4.73. The van der Waals surface area contributed by atoms with E-state index in [0.717, 1.165) is 70.6 Å². The molecular formula is C38H43FN6O3. The molecule has 1 aromatic carbocycles. The second kappa shape index (κ2) is 13.1. The minimum absolute atomic E-state index is 0.0243. The molecule has 7 rings (SSSR count). The highest BCUT2D eigenvalue weighted by Crippen LogP contribution is 2.40. The van der Waals surface area contributed by atoms with Gasteiger partial charge in [0.15, 0.2) is 11.6 Å². The first kappa shape index (κ1) is 31.8. The van der Waals surface area contributed by atoms with E-state index in [2.05, 4.69) is 53.7 Å². The van der Waals surface area contributed by atoms with Crippen molar-refractivity contribution in [2.45, 2.75) is 53.0 Å². The maximum atomic E-state index is 14.3. The molecule has 9 nitrogen and oxygen atoms in total. The van der Waals surface area contributed by atoms with Crippen LogP contribution in [0.25, 0.3) is 27.6 Å². The molecule has 0 radical (unpaired) electrons. The number of pyridine rings is 2. The van der Waals surface area contributed by atoms with E-state index in [0.29, 0.717) is 55.8 Å². The van der Waals surface area contributed by atoms with Gasteiger partial charge in [0.05, 0.1) is 18.8 Å². The predicted octanol–water partition coefficient (Wildman–Crippen LogP) is 6.12. The number of rotatable bonds is 8. The zero-order valence-corrected chi connectivity index (χ0v) is 28.3. The molecule has 4 aromatic rings. The number of aromatic nitrogens is 3. The quantitative estimate of drug-likeness (QED) is 0.228. The average Bonchev–Trinajstić information content (AvgIpc) is 3.86. The van der Waals surface area contributed by atoms with E-state index >= 15 is 0 Å². The van der Waals surface area contributed by atoms with Gasteiger partial charge in [-0.2, -0.15) is 0 Å². The predicted molar refractivity (Wildman–Crippen MR) is 186 cm³/mol. The van der Waals surface area contributed by atoms with Gasteiger partial charge in [0.2, 0.25) is 5.91 Å². The summed E-state index contributed by atoms with van der Waals surface area (Å²) in [6.45, 7) is 10.1. The van der Waals surface area contributed by atoms with Crippen molar-refractivity contribution >= 4 is 34.1 Å². The summed E-state index contributed by atoms with van der Waals surface area (Å²) < 4.78 is 21.6. The van der Waals surface area contributed by atoms with Crippen molar-refractivity contribution in [3.8, 4) is 16.9 Å². The Bertz CT molecular complexity index is 1920. The summed E-state index contributed by atoms with van der Waals surface area (Å²) in [6, 6.07) is 11.9. The molecule has 0 atom stereocenters. The number of anilines is 1. The number of halogens is 1. The number of hydrogen-bond donors (Lipinski definition) is 0. The monoisotopic (exact) mass is 650 g/mol. The Morgan fingerprint density at radius 3 is 2.48 bits per heavy atom. The number of ether oxygens (including phenoxy) is 1. The summed E-state index contributed by atoms with van der Waals surface area (Å²) in [6.07, 6.45) is 7.56. The first-order valence-corrected chi connectivity index (χ1v) is 17.1. The highest BCUT2D eigenvalue weighted by Gasteiger charge is 2.30. The second-order valence-electron chi connectivity index (χ2n) is 13.3. The van der Waals surface area contributed by atoms with Gasteiger partial charge in [-0.15, -0.1) is 0 Å². The molecule has 5 heterocycles. The Kier molecular flexibility index (Phi) is 8.66. The number of hydrogen-bond acceptors (Lipinski definition) is 6. The van der Waals surface area contributed by atoms with Crippen molar-refractivity contribution in [3.63, 3.8) is 0 Å². The lowest BCUT2D eigenvalue weighted by Gasteiger charge is -2.36. The van der Waals surface area contributed by atoms with E-state index in [9.17, 15) is 14.0 Å². The standard InChI is InChI=1S/C38H43FN6O3/c1-5-31-10-11-32(24(2)41-31)33-18-29(38(47)43-15-13-42(14-16-43)37-35(48-4)20-30(39)21-40-37)17-28-19-34(45(36(28)33)22-26-8-9-26)27-7-6-12-44(23-27)25(3)46/h7,10-11,17-21,26H,5-6,8-9,12-16,22-23H2,1-4H3. The van der Waals surface area contributed by atoms with Gasteiger partial charge in [0.25, 0.3) is 5.91 Å². The summed E-state index contributed by atoms with van der Waals surface area (Å²) in [7, 11) is 1.51. The van der Waals surface area contributed by atoms with Gasteiger partial charge in [-0.25, -0.2) is 9.37 Å². The molecule has 1 aliphatic carbocycles. The fourth-order valence-corrected chi connectivity index (χ4v) is 7.15. The van der Waals surface area contributed by atoms with Crippen LogP contribution in [-0.4, -0.2) is 82.5 Å². The largest absolute Gasteiger partial charge is 0.493 e. The van der Waals surface area contributed by atoms with Crippen molar-refractivity contribution in [1.29, 1.82) is 0 Å². The topological polar surface area (TPSA) is 83.8 Å². The van der Waals surface area contributed by atoms with Crippen molar-refractivity contribution in [2.75, 3.05) is 51.3 Å². The van der Waals surface area contributed by atoms with Crippen LogP contribution in [0.5, 0.6) is 5.75 Å². The maximum absolute atomic E-state index is 14.3. The second-order valence-corrected chi connectivity index (χ2v) is 13.3. The molecule has 2 amide bonds. The smallest absolute Gasteiger partial charge is 0.254 e. The number of benzene rings is 1. The number of fused-ring (bicyclic) bond motifs is 1. The SMILES string of the molecule is CCc1ccc(-c2cc(C(=O)N3CCN(c4ncc(F)cc4OC)CC3)cc3cc(C4=CCCN(C(C)=O)C4)n(CC4CC4)c23)c(C)n1. The lowest BCUT2D eigenvalue weighted by Crippen LogP contribution is -2.49. The lowest BCUT2D eigenvalue weighted by molar-refractivity contribution is -0.128. The van der Waals surface area contributed by atoms with Crippen LogP contribution in [0.2, 0.25) is 0 Å². The number of amides is 2. The van der Waals surface area contributed by atoms with Crippen molar-refractivity contribution in [2.24, 2.45) is 5.92 Å². The third kappa shape index (κ3) is 6.16. The van der Waals surface area contributed by atoms with Gasteiger partial charge in [-0.1, -0.05) is 19.1 Å². The summed E-state index contributed by atoms with van der Waals surface area (Å²) >= 11 is 0. The first-order chi connectivity index (χ1) is 23.2. The molecule has 1 saturated heterocycles. The zero-order valence-electron chi connectivity index (χ0n) is 28.3. The molecule has 0 unspecified atom stereocenters. The number of nitrogens with zero attached hydrogens (tertiary/aromatic N) is 6. The lowest BCUT2D eigenvalue weighted by atomic mass is 9.97. The Morgan fingerprint density at radius 1 is 1.00 bits per heavy atom.